The molecular weight excluding hydrogens is 352 g/mol. The molecule has 0 amide bonds. The summed E-state index contributed by atoms with van der Waals surface area (Å²) >= 11 is 0. The summed E-state index contributed by atoms with van der Waals surface area (Å²) in [6, 6.07) is 10.5. The number of anilines is 1. The van der Waals surface area contributed by atoms with Crippen molar-refractivity contribution in [2.45, 2.75) is 39.8 Å². The molecule has 3 heterocycles. The fourth-order valence-electron chi connectivity index (χ4n) is 3.59. The minimum atomic E-state index is 0.207. The molecule has 1 aliphatic heterocycles. The lowest BCUT2D eigenvalue weighted by molar-refractivity contribution is 0.241. The van der Waals surface area contributed by atoms with E-state index >= 15 is 0 Å². The van der Waals surface area contributed by atoms with Crippen molar-refractivity contribution in [3.63, 3.8) is 0 Å². The lowest BCUT2D eigenvalue weighted by Gasteiger charge is -2.35. The van der Waals surface area contributed by atoms with Crippen LogP contribution in [0.2, 0.25) is 0 Å². The number of aromatic nitrogens is 4. The molecule has 0 aliphatic carbocycles. The molecule has 0 spiro atoms. The number of hydrogen-bond donors (Lipinski definition) is 0. The van der Waals surface area contributed by atoms with Gasteiger partial charge in [-0.05, 0) is 31.5 Å². The van der Waals surface area contributed by atoms with Gasteiger partial charge in [0, 0.05) is 45.2 Å². The highest BCUT2D eigenvalue weighted by atomic mass is 16.5. The standard InChI is InChI=1S/C21H28N6O/c1-4-20-23-24-21-13-18(14-22-27(20)21)26-11-9-25(10-12-26)15-17-5-7-19(8-6-17)28-16(2)3/h5-8,13-14,16H,4,9-12,15H2,1-3H3. The SMILES string of the molecule is CCc1nnc2cc(N3CCN(Cc4ccc(OC(C)C)cc4)CC3)cnn12. The quantitative estimate of drug-likeness (QED) is 0.655. The van der Waals surface area contributed by atoms with Gasteiger partial charge in [0.05, 0.1) is 18.0 Å². The fourth-order valence-corrected chi connectivity index (χ4v) is 3.59. The van der Waals surface area contributed by atoms with Gasteiger partial charge in [0.25, 0.3) is 0 Å². The van der Waals surface area contributed by atoms with E-state index in [1.54, 1.807) is 0 Å². The Labute approximate surface area is 165 Å². The molecule has 0 bridgehead atoms. The maximum atomic E-state index is 5.72. The summed E-state index contributed by atoms with van der Waals surface area (Å²) < 4.78 is 7.55. The molecule has 28 heavy (non-hydrogen) atoms. The topological polar surface area (TPSA) is 58.8 Å². The lowest BCUT2D eigenvalue weighted by Crippen LogP contribution is -2.46. The van der Waals surface area contributed by atoms with Crippen LogP contribution in [-0.4, -0.2) is 57.0 Å². The second-order valence-electron chi connectivity index (χ2n) is 7.53. The van der Waals surface area contributed by atoms with E-state index in [0.29, 0.717) is 0 Å². The van der Waals surface area contributed by atoms with Crippen molar-refractivity contribution in [3.8, 4) is 5.75 Å². The Hall–Kier alpha value is -2.67. The number of aryl methyl sites for hydroxylation is 1. The second kappa shape index (κ2) is 8.14. The number of hydrogen-bond acceptors (Lipinski definition) is 6. The van der Waals surface area contributed by atoms with Gasteiger partial charge in [-0.25, -0.2) is 0 Å². The van der Waals surface area contributed by atoms with Crippen LogP contribution in [0, 0.1) is 0 Å². The van der Waals surface area contributed by atoms with Crippen molar-refractivity contribution in [1.29, 1.82) is 0 Å². The van der Waals surface area contributed by atoms with Gasteiger partial charge >= 0.3 is 0 Å². The van der Waals surface area contributed by atoms with Gasteiger partial charge in [-0.2, -0.15) is 9.61 Å². The average Bonchev–Trinajstić information content (AvgIpc) is 3.12. The summed E-state index contributed by atoms with van der Waals surface area (Å²) in [5, 5.41) is 13.0. The Balaban J connectivity index is 1.34. The van der Waals surface area contributed by atoms with Crippen molar-refractivity contribution in [2.24, 2.45) is 0 Å². The third-order valence-electron chi connectivity index (χ3n) is 5.07. The predicted molar refractivity (Wildman–Crippen MR) is 110 cm³/mol. The smallest absolute Gasteiger partial charge is 0.179 e. The maximum Gasteiger partial charge on any atom is 0.179 e. The van der Waals surface area contributed by atoms with E-state index in [4.69, 9.17) is 4.74 Å². The Morgan fingerprint density at radius 1 is 1.04 bits per heavy atom. The molecule has 7 heteroatoms. The first-order valence-electron chi connectivity index (χ1n) is 10.1. The van der Waals surface area contributed by atoms with Crippen LogP contribution in [0.15, 0.2) is 36.5 Å². The average molecular weight is 380 g/mol. The number of piperazine rings is 1. The zero-order valence-corrected chi connectivity index (χ0v) is 16.9. The van der Waals surface area contributed by atoms with Crippen LogP contribution < -0.4 is 9.64 Å². The Kier molecular flexibility index (Phi) is 5.43. The molecule has 1 aromatic carbocycles. The second-order valence-corrected chi connectivity index (χ2v) is 7.53. The first-order chi connectivity index (χ1) is 13.6. The molecule has 0 saturated carbocycles. The van der Waals surface area contributed by atoms with E-state index in [-0.39, 0.29) is 6.10 Å². The largest absolute Gasteiger partial charge is 0.491 e. The van der Waals surface area contributed by atoms with Crippen LogP contribution >= 0.6 is 0 Å². The first-order valence-corrected chi connectivity index (χ1v) is 10.1. The molecule has 0 atom stereocenters. The molecule has 0 unspecified atom stereocenters. The van der Waals surface area contributed by atoms with Gasteiger partial charge in [0.1, 0.15) is 5.75 Å². The molecule has 4 rings (SSSR count). The van der Waals surface area contributed by atoms with Crippen LogP contribution in [0.5, 0.6) is 5.75 Å². The predicted octanol–water partition coefficient (Wildman–Crippen LogP) is 2.80. The van der Waals surface area contributed by atoms with Crippen LogP contribution in [0.1, 0.15) is 32.2 Å². The summed E-state index contributed by atoms with van der Waals surface area (Å²) in [6.45, 7) is 11.2. The molecule has 148 valence electrons. The Bertz CT molecular complexity index is 912. The maximum absolute atomic E-state index is 5.72. The molecule has 7 nitrogen and oxygen atoms in total. The van der Waals surface area contributed by atoms with E-state index in [2.05, 4.69) is 62.4 Å². The number of benzene rings is 1. The van der Waals surface area contributed by atoms with Crippen LogP contribution in [0.4, 0.5) is 5.69 Å². The van der Waals surface area contributed by atoms with Gasteiger partial charge in [0.15, 0.2) is 11.5 Å². The van der Waals surface area contributed by atoms with E-state index < -0.39 is 0 Å². The molecule has 0 N–H and O–H groups in total. The monoisotopic (exact) mass is 380 g/mol. The molecule has 1 saturated heterocycles. The fraction of sp³-hybridized carbons (Fsp3) is 0.476. The zero-order valence-electron chi connectivity index (χ0n) is 16.9. The highest BCUT2D eigenvalue weighted by Crippen LogP contribution is 2.19. The number of rotatable bonds is 6. The summed E-state index contributed by atoms with van der Waals surface area (Å²) in [4.78, 5) is 4.87. The van der Waals surface area contributed by atoms with Gasteiger partial charge in [-0.1, -0.05) is 19.1 Å². The van der Waals surface area contributed by atoms with Gasteiger partial charge < -0.3 is 9.64 Å². The van der Waals surface area contributed by atoms with E-state index in [9.17, 15) is 0 Å². The molecule has 3 aromatic rings. The van der Waals surface area contributed by atoms with Gasteiger partial charge in [-0.15, -0.1) is 10.2 Å². The highest BCUT2D eigenvalue weighted by Gasteiger charge is 2.18. The van der Waals surface area contributed by atoms with Crippen molar-refractivity contribution >= 4 is 11.3 Å². The van der Waals surface area contributed by atoms with Crippen LogP contribution in [0.3, 0.4) is 0 Å². The van der Waals surface area contributed by atoms with Gasteiger partial charge in [-0.3, -0.25) is 4.90 Å². The summed E-state index contributed by atoms with van der Waals surface area (Å²) in [5.41, 5.74) is 3.26. The molecule has 1 aliphatic rings. The van der Waals surface area contributed by atoms with Crippen molar-refractivity contribution in [2.75, 3.05) is 31.1 Å². The Morgan fingerprint density at radius 2 is 1.79 bits per heavy atom. The number of fused-ring (bicyclic) bond motifs is 1. The third kappa shape index (κ3) is 4.09. The summed E-state index contributed by atoms with van der Waals surface area (Å²) in [6.07, 6.45) is 2.97. The van der Waals surface area contributed by atoms with E-state index in [1.807, 2.05) is 24.6 Å². The van der Waals surface area contributed by atoms with Crippen molar-refractivity contribution < 1.29 is 4.74 Å². The molecule has 1 fully saturated rings. The first kappa shape index (κ1) is 18.7. The summed E-state index contributed by atoms with van der Waals surface area (Å²) in [5.74, 6) is 1.84. The summed E-state index contributed by atoms with van der Waals surface area (Å²) in [7, 11) is 0. The van der Waals surface area contributed by atoms with Crippen molar-refractivity contribution in [3.05, 3.63) is 47.9 Å². The molecule has 0 radical (unpaired) electrons. The number of nitrogens with zero attached hydrogens (tertiary/aromatic N) is 6. The molecule has 2 aromatic heterocycles. The molecular formula is C21H28N6O. The van der Waals surface area contributed by atoms with E-state index in [1.165, 1.54) is 5.56 Å². The van der Waals surface area contributed by atoms with E-state index in [0.717, 1.165) is 62.1 Å². The van der Waals surface area contributed by atoms with Crippen LogP contribution in [0.25, 0.3) is 5.65 Å². The third-order valence-corrected chi connectivity index (χ3v) is 5.07. The number of ether oxygens (including phenoxy) is 1. The normalized spacial score (nSPS) is 15.5. The van der Waals surface area contributed by atoms with Crippen molar-refractivity contribution in [1.82, 2.24) is 24.7 Å². The zero-order chi connectivity index (χ0) is 19.5. The minimum absolute atomic E-state index is 0.207. The Morgan fingerprint density at radius 3 is 2.46 bits per heavy atom. The highest BCUT2D eigenvalue weighted by molar-refractivity contribution is 5.54. The lowest BCUT2D eigenvalue weighted by atomic mass is 10.2. The van der Waals surface area contributed by atoms with Crippen LogP contribution in [-0.2, 0) is 13.0 Å². The van der Waals surface area contributed by atoms with Gasteiger partial charge in [0.2, 0.25) is 0 Å². The minimum Gasteiger partial charge on any atom is -0.491 e.